The minimum Gasteiger partial charge on any atom is -0.491 e. The first-order valence-electron chi connectivity index (χ1n) is 7.61. The van der Waals surface area contributed by atoms with Crippen molar-refractivity contribution in [3.05, 3.63) is 53.6 Å². The molecule has 0 spiro atoms. The van der Waals surface area contributed by atoms with Gasteiger partial charge in [-0.2, -0.15) is 5.10 Å². The molecule has 6 nitrogen and oxygen atoms in total. The summed E-state index contributed by atoms with van der Waals surface area (Å²) >= 11 is 0. The van der Waals surface area contributed by atoms with Gasteiger partial charge in [-0.1, -0.05) is 0 Å². The molecule has 0 radical (unpaired) electrons. The number of hydrogen-bond acceptors (Lipinski definition) is 5. The number of nitrogens with zero attached hydrogens (tertiary/aromatic N) is 1. The molecule has 0 aromatic heterocycles. The van der Waals surface area contributed by atoms with Gasteiger partial charge in [0.1, 0.15) is 5.75 Å². The third-order valence-corrected chi connectivity index (χ3v) is 3.26. The number of hydrazone groups is 1. The standard InChI is InChI=1S/C18H18N2O4/c1-12(2)24-15-6-4-14(5-7-15)18(21)20-19-10-13-3-8-16-17(9-13)23-11-22-16/h3-10,12H,11H2,1-2H3,(H,20,21)/b19-10-. The average Bonchev–Trinajstić information content (AvgIpc) is 3.02. The largest absolute Gasteiger partial charge is 0.491 e. The van der Waals surface area contributed by atoms with E-state index in [2.05, 4.69) is 10.5 Å². The van der Waals surface area contributed by atoms with Crippen molar-refractivity contribution in [2.75, 3.05) is 6.79 Å². The lowest BCUT2D eigenvalue weighted by atomic mass is 10.2. The van der Waals surface area contributed by atoms with Gasteiger partial charge in [-0.3, -0.25) is 4.79 Å². The van der Waals surface area contributed by atoms with Crippen LogP contribution in [-0.4, -0.2) is 25.0 Å². The molecule has 0 unspecified atom stereocenters. The van der Waals surface area contributed by atoms with E-state index in [1.807, 2.05) is 19.9 Å². The smallest absolute Gasteiger partial charge is 0.271 e. The number of amides is 1. The average molecular weight is 326 g/mol. The Hall–Kier alpha value is -3.02. The molecule has 3 rings (SSSR count). The predicted molar refractivity (Wildman–Crippen MR) is 89.8 cm³/mol. The highest BCUT2D eigenvalue weighted by atomic mass is 16.7. The molecular weight excluding hydrogens is 308 g/mol. The minimum atomic E-state index is -0.289. The van der Waals surface area contributed by atoms with Crippen LogP contribution in [0.5, 0.6) is 17.2 Å². The molecule has 1 N–H and O–H groups in total. The van der Waals surface area contributed by atoms with Crippen molar-refractivity contribution in [1.29, 1.82) is 0 Å². The number of nitrogens with one attached hydrogen (secondary N) is 1. The van der Waals surface area contributed by atoms with Gasteiger partial charge in [0.2, 0.25) is 6.79 Å². The summed E-state index contributed by atoms with van der Waals surface area (Å²) in [4.78, 5) is 12.0. The highest BCUT2D eigenvalue weighted by molar-refractivity contribution is 5.95. The number of fused-ring (bicyclic) bond motifs is 1. The highest BCUT2D eigenvalue weighted by Gasteiger charge is 2.12. The van der Waals surface area contributed by atoms with Crippen LogP contribution in [0.25, 0.3) is 0 Å². The lowest BCUT2D eigenvalue weighted by Crippen LogP contribution is -2.17. The van der Waals surface area contributed by atoms with Crippen LogP contribution in [0.4, 0.5) is 0 Å². The quantitative estimate of drug-likeness (QED) is 0.677. The normalized spacial score (nSPS) is 12.6. The van der Waals surface area contributed by atoms with Crippen molar-refractivity contribution in [3.8, 4) is 17.2 Å². The van der Waals surface area contributed by atoms with E-state index in [-0.39, 0.29) is 18.8 Å². The molecule has 24 heavy (non-hydrogen) atoms. The van der Waals surface area contributed by atoms with Gasteiger partial charge in [0.05, 0.1) is 12.3 Å². The predicted octanol–water partition coefficient (Wildman–Crippen LogP) is 2.97. The summed E-state index contributed by atoms with van der Waals surface area (Å²) in [5.41, 5.74) is 3.81. The molecule has 0 fully saturated rings. The summed E-state index contributed by atoms with van der Waals surface area (Å²) in [5.74, 6) is 1.82. The number of carbonyl (C=O) groups is 1. The summed E-state index contributed by atoms with van der Waals surface area (Å²) in [7, 11) is 0. The van der Waals surface area contributed by atoms with E-state index in [0.29, 0.717) is 17.1 Å². The summed E-state index contributed by atoms with van der Waals surface area (Å²) in [5, 5.41) is 3.96. The molecule has 6 heteroatoms. The third kappa shape index (κ3) is 3.84. The second kappa shape index (κ2) is 7.04. The Labute approximate surface area is 140 Å². The topological polar surface area (TPSA) is 69.2 Å². The maximum Gasteiger partial charge on any atom is 0.271 e. The van der Waals surface area contributed by atoms with Crippen molar-refractivity contribution >= 4 is 12.1 Å². The Morgan fingerprint density at radius 2 is 1.92 bits per heavy atom. The second-order valence-electron chi connectivity index (χ2n) is 5.50. The van der Waals surface area contributed by atoms with E-state index in [1.54, 1.807) is 42.6 Å². The summed E-state index contributed by atoms with van der Waals surface area (Å²) in [6.45, 7) is 4.13. The fourth-order valence-corrected chi connectivity index (χ4v) is 2.18. The van der Waals surface area contributed by atoms with Gasteiger partial charge in [-0.25, -0.2) is 5.43 Å². The van der Waals surface area contributed by atoms with Crippen LogP contribution in [-0.2, 0) is 0 Å². The second-order valence-corrected chi connectivity index (χ2v) is 5.50. The number of hydrogen-bond donors (Lipinski definition) is 1. The SMILES string of the molecule is CC(C)Oc1ccc(C(=O)N/N=C\c2ccc3c(c2)OCO3)cc1. The van der Waals surface area contributed by atoms with Crippen LogP contribution in [0.1, 0.15) is 29.8 Å². The van der Waals surface area contributed by atoms with Gasteiger partial charge < -0.3 is 14.2 Å². The maximum absolute atomic E-state index is 12.0. The van der Waals surface area contributed by atoms with E-state index in [4.69, 9.17) is 14.2 Å². The molecule has 2 aromatic rings. The lowest BCUT2D eigenvalue weighted by molar-refractivity contribution is 0.0955. The minimum absolute atomic E-state index is 0.0935. The molecule has 1 amide bonds. The Balaban J connectivity index is 1.58. The number of ether oxygens (including phenoxy) is 3. The van der Waals surface area contributed by atoms with Crippen LogP contribution in [0.15, 0.2) is 47.6 Å². The van der Waals surface area contributed by atoms with Gasteiger partial charge in [-0.05, 0) is 61.9 Å². The van der Waals surface area contributed by atoms with Gasteiger partial charge in [0, 0.05) is 5.56 Å². The molecule has 2 aromatic carbocycles. The van der Waals surface area contributed by atoms with E-state index in [9.17, 15) is 4.79 Å². The third-order valence-electron chi connectivity index (χ3n) is 3.26. The summed E-state index contributed by atoms with van der Waals surface area (Å²) in [6, 6.07) is 12.4. The number of rotatable bonds is 5. The first kappa shape index (κ1) is 15.9. The van der Waals surface area contributed by atoms with Gasteiger partial charge in [0.15, 0.2) is 11.5 Å². The van der Waals surface area contributed by atoms with Gasteiger partial charge in [0.25, 0.3) is 5.91 Å². The van der Waals surface area contributed by atoms with Crippen LogP contribution in [0.2, 0.25) is 0 Å². The molecule has 0 atom stereocenters. The zero-order chi connectivity index (χ0) is 16.9. The molecule has 124 valence electrons. The van der Waals surface area contributed by atoms with Gasteiger partial charge in [-0.15, -0.1) is 0 Å². The van der Waals surface area contributed by atoms with Crippen LogP contribution < -0.4 is 19.6 Å². The first-order chi connectivity index (χ1) is 11.6. The number of benzene rings is 2. The van der Waals surface area contributed by atoms with E-state index in [1.165, 1.54) is 0 Å². The lowest BCUT2D eigenvalue weighted by Gasteiger charge is -2.09. The van der Waals surface area contributed by atoms with E-state index in [0.717, 1.165) is 11.3 Å². The van der Waals surface area contributed by atoms with Crippen molar-refractivity contribution in [3.63, 3.8) is 0 Å². The van der Waals surface area contributed by atoms with E-state index >= 15 is 0 Å². The Morgan fingerprint density at radius 3 is 2.67 bits per heavy atom. The summed E-state index contributed by atoms with van der Waals surface area (Å²) < 4.78 is 16.1. The molecule has 1 aliphatic heterocycles. The Morgan fingerprint density at radius 1 is 1.17 bits per heavy atom. The first-order valence-corrected chi connectivity index (χ1v) is 7.61. The van der Waals surface area contributed by atoms with Crippen molar-refractivity contribution in [2.45, 2.75) is 20.0 Å². The summed E-state index contributed by atoms with van der Waals surface area (Å²) in [6.07, 6.45) is 1.65. The van der Waals surface area contributed by atoms with Gasteiger partial charge >= 0.3 is 0 Å². The molecule has 0 saturated heterocycles. The molecule has 1 aliphatic rings. The molecular formula is C18H18N2O4. The van der Waals surface area contributed by atoms with Crippen molar-refractivity contribution in [1.82, 2.24) is 5.43 Å². The molecule has 0 saturated carbocycles. The monoisotopic (exact) mass is 326 g/mol. The molecule has 0 aliphatic carbocycles. The number of carbonyl (C=O) groups excluding carboxylic acids is 1. The van der Waals surface area contributed by atoms with Crippen LogP contribution in [0.3, 0.4) is 0 Å². The molecule has 0 bridgehead atoms. The fraction of sp³-hybridized carbons (Fsp3) is 0.222. The zero-order valence-electron chi connectivity index (χ0n) is 13.5. The van der Waals surface area contributed by atoms with E-state index < -0.39 is 0 Å². The fourth-order valence-electron chi connectivity index (χ4n) is 2.18. The van der Waals surface area contributed by atoms with Crippen LogP contribution >= 0.6 is 0 Å². The maximum atomic E-state index is 12.0. The van der Waals surface area contributed by atoms with Crippen molar-refractivity contribution < 1.29 is 19.0 Å². The zero-order valence-corrected chi connectivity index (χ0v) is 13.5. The Bertz CT molecular complexity index is 754. The Kier molecular flexibility index (Phi) is 4.65. The molecule has 1 heterocycles. The van der Waals surface area contributed by atoms with Crippen molar-refractivity contribution in [2.24, 2.45) is 5.10 Å². The highest BCUT2D eigenvalue weighted by Crippen LogP contribution is 2.31. The van der Waals surface area contributed by atoms with Crippen LogP contribution in [0, 0.1) is 0 Å².